The van der Waals surface area contributed by atoms with Gasteiger partial charge in [0, 0.05) is 49.4 Å². The summed E-state index contributed by atoms with van der Waals surface area (Å²) in [5.74, 6) is 1.30. The molecule has 0 fully saturated rings. The number of rotatable bonds is 9. The quantitative estimate of drug-likeness (QED) is 0.478. The molecule has 0 aliphatic carbocycles. The van der Waals surface area contributed by atoms with Crippen molar-refractivity contribution < 1.29 is 0 Å². The second-order valence-corrected chi connectivity index (χ2v) is 6.93. The first kappa shape index (κ1) is 19.8. The number of nitrogens with one attached hydrogen (secondary N) is 3. The van der Waals surface area contributed by atoms with Gasteiger partial charge in [0.05, 0.1) is 5.02 Å². The molecule has 0 spiro atoms. The molecule has 3 aromatic rings. The fraction of sp³-hybridized carbons (Fsp3) is 0.300. The van der Waals surface area contributed by atoms with E-state index in [4.69, 9.17) is 11.6 Å². The van der Waals surface area contributed by atoms with Crippen LogP contribution in [0.1, 0.15) is 29.7 Å². The monoisotopic (exact) mass is 398 g/mol. The van der Waals surface area contributed by atoms with Gasteiger partial charge in [-0.3, -0.25) is 14.8 Å². The van der Waals surface area contributed by atoms with Crippen molar-refractivity contribution in [2.45, 2.75) is 26.2 Å². The second kappa shape index (κ2) is 9.85. The molecule has 0 aliphatic rings. The van der Waals surface area contributed by atoms with Crippen LogP contribution in [0.5, 0.6) is 0 Å². The van der Waals surface area contributed by atoms with Gasteiger partial charge < -0.3 is 10.6 Å². The van der Waals surface area contributed by atoms with Crippen LogP contribution in [-0.4, -0.2) is 33.0 Å². The van der Waals surface area contributed by atoms with Gasteiger partial charge >= 0.3 is 0 Å². The van der Waals surface area contributed by atoms with Crippen molar-refractivity contribution in [2.24, 2.45) is 0 Å². The number of anilines is 2. The highest BCUT2D eigenvalue weighted by molar-refractivity contribution is 6.30. The summed E-state index contributed by atoms with van der Waals surface area (Å²) < 4.78 is 0. The van der Waals surface area contributed by atoms with Gasteiger partial charge in [-0.05, 0) is 43.5 Å². The van der Waals surface area contributed by atoms with E-state index in [1.165, 1.54) is 0 Å². The molecular weight excluding hydrogens is 376 g/mol. The molecule has 0 saturated heterocycles. The van der Waals surface area contributed by atoms with Gasteiger partial charge in [0.15, 0.2) is 0 Å². The van der Waals surface area contributed by atoms with E-state index in [-0.39, 0.29) is 5.56 Å². The maximum absolute atomic E-state index is 12.2. The number of unbranched alkanes of at least 4 members (excludes halogenated alkanes) is 1. The Hall–Kier alpha value is -2.93. The molecule has 0 aliphatic heterocycles. The van der Waals surface area contributed by atoms with Gasteiger partial charge in [0.25, 0.3) is 5.56 Å². The molecule has 7 nitrogen and oxygen atoms in total. The zero-order chi connectivity index (χ0) is 19.8. The number of aryl methyl sites for hydroxylation is 1. The third-order valence-electron chi connectivity index (χ3n) is 4.17. The number of pyridine rings is 2. The number of hydrogen-bond acceptors (Lipinski definition) is 6. The maximum atomic E-state index is 12.2. The van der Waals surface area contributed by atoms with E-state index in [1.807, 2.05) is 25.1 Å². The summed E-state index contributed by atoms with van der Waals surface area (Å²) in [6.07, 6.45) is 7.43. The molecule has 8 heteroatoms. The zero-order valence-corrected chi connectivity index (χ0v) is 16.5. The van der Waals surface area contributed by atoms with Crippen LogP contribution in [-0.2, 0) is 6.42 Å². The first-order valence-electron chi connectivity index (χ1n) is 9.19. The minimum Gasteiger partial charge on any atom is -0.370 e. The lowest BCUT2D eigenvalue weighted by molar-refractivity contribution is 0.787. The first-order valence-corrected chi connectivity index (χ1v) is 9.57. The Kier molecular flexibility index (Phi) is 6.97. The minimum atomic E-state index is -0.131. The van der Waals surface area contributed by atoms with Crippen molar-refractivity contribution in [1.29, 1.82) is 0 Å². The van der Waals surface area contributed by atoms with Crippen molar-refractivity contribution in [3.05, 3.63) is 75.1 Å². The van der Waals surface area contributed by atoms with Gasteiger partial charge in [0.1, 0.15) is 5.82 Å². The van der Waals surface area contributed by atoms with Crippen LogP contribution in [0.2, 0.25) is 5.02 Å². The maximum Gasteiger partial charge on any atom is 0.255 e. The van der Waals surface area contributed by atoms with E-state index < -0.39 is 0 Å². The lowest BCUT2D eigenvalue weighted by Gasteiger charge is -2.08. The summed E-state index contributed by atoms with van der Waals surface area (Å²) in [7, 11) is 0. The second-order valence-electron chi connectivity index (χ2n) is 6.49. The summed E-state index contributed by atoms with van der Waals surface area (Å²) in [5.41, 5.74) is 2.43. The molecule has 0 saturated carbocycles. The Bertz CT molecular complexity index is 940. The van der Waals surface area contributed by atoms with E-state index in [1.54, 1.807) is 24.7 Å². The molecule has 0 amide bonds. The van der Waals surface area contributed by atoms with E-state index >= 15 is 0 Å². The third-order valence-corrected chi connectivity index (χ3v) is 4.39. The molecule has 3 aromatic heterocycles. The lowest BCUT2D eigenvalue weighted by Crippen LogP contribution is -2.18. The van der Waals surface area contributed by atoms with Crippen LogP contribution in [0.4, 0.5) is 11.8 Å². The zero-order valence-electron chi connectivity index (χ0n) is 15.7. The van der Waals surface area contributed by atoms with Crippen molar-refractivity contribution >= 4 is 23.4 Å². The van der Waals surface area contributed by atoms with Gasteiger partial charge in [-0.15, -0.1) is 0 Å². The summed E-state index contributed by atoms with van der Waals surface area (Å²) in [6, 6.07) is 7.56. The predicted octanol–water partition coefficient (Wildman–Crippen LogP) is 3.42. The highest BCUT2D eigenvalue weighted by Crippen LogP contribution is 2.09. The topological polar surface area (TPSA) is 95.6 Å². The van der Waals surface area contributed by atoms with Gasteiger partial charge in [0.2, 0.25) is 5.95 Å². The molecule has 0 unspecified atom stereocenters. The SMILES string of the molecule is Cc1ccc(Cc2cnc(NCCCCNc3ccc(Cl)cn3)[nH]c2=O)cn1. The molecule has 3 rings (SSSR count). The Morgan fingerprint density at radius 3 is 2.46 bits per heavy atom. The lowest BCUT2D eigenvalue weighted by atomic mass is 10.1. The predicted molar refractivity (Wildman–Crippen MR) is 112 cm³/mol. The number of halogens is 1. The van der Waals surface area contributed by atoms with Gasteiger partial charge in [-0.2, -0.15) is 0 Å². The number of aromatic amines is 1. The number of nitrogens with zero attached hydrogens (tertiary/aromatic N) is 3. The van der Waals surface area contributed by atoms with Crippen molar-refractivity contribution in [3.63, 3.8) is 0 Å². The smallest absolute Gasteiger partial charge is 0.255 e. The fourth-order valence-corrected chi connectivity index (χ4v) is 2.73. The normalized spacial score (nSPS) is 10.6. The van der Waals surface area contributed by atoms with E-state index in [0.29, 0.717) is 23.0 Å². The van der Waals surface area contributed by atoms with Crippen LogP contribution < -0.4 is 16.2 Å². The van der Waals surface area contributed by atoms with Crippen LogP contribution in [0.25, 0.3) is 0 Å². The molecule has 146 valence electrons. The average Bonchev–Trinajstić information content (AvgIpc) is 2.69. The van der Waals surface area contributed by atoms with E-state index in [0.717, 1.165) is 43.0 Å². The number of hydrogen-bond donors (Lipinski definition) is 3. The highest BCUT2D eigenvalue weighted by atomic mass is 35.5. The van der Waals surface area contributed by atoms with E-state index in [9.17, 15) is 4.79 Å². The summed E-state index contributed by atoms with van der Waals surface area (Å²) in [6.45, 7) is 3.47. The molecule has 28 heavy (non-hydrogen) atoms. The minimum absolute atomic E-state index is 0.131. The molecule has 3 N–H and O–H groups in total. The number of aromatic nitrogens is 4. The van der Waals surface area contributed by atoms with E-state index in [2.05, 4.69) is 30.6 Å². The standard InChI is InChI=1S/C20H23ClN6O/c1-14-4-5-15(11-24-14)10-16-12-26-20(27-19(16)28)23-9-3-2-8-22-18-7-6-17(21)13-25-18/h4-7,11-13H,2-3,8-10H2,1H3,(H,22,25)(H2,23,26,27,28). The van der Waals surface area contributed by atoms with Gasteiger partial charge in [-0.1, -0.05) is 17.7 Å². The average molecular weight is 399 g/mol. The number of H-pyrrole nitrogens is 1. The third kappa shape index (κ3) is 6.06. The Morgan fingerprint density at radius 1 is 0.964 bits per heavy atom. The fourth-order valence-electron chi connectivity index (χ4n) is 2.61. The first-order chi connectivity index (χ1) is 13.6. The Labute approximate surface area is 168 Å². The van der Waals surface area contributed by atoms with Crippen LogP contribution >= 0.6 is 11.6 Å². The van der Waals surface area contributed by atoms with Crippen molar-refractivity contribution in [1.82, 2.24) is 19.9 Å². The summed E-state index contributed by atoms with van der Waals surface area (Å²) in [4.78, 5) is 27.8. The summed E-state index contributed by atoms with van der Waals surface area (Å²) >= 11 is 5.81. The van der Waals surface area contributed by atoms with Crippen LogP contribution in [0.15, 0.2) is 47.7 Å². The van der Waals surface area contributed by atoms with Gasteiger partial charge in [-0.25, -0.2) is 9.97 Å². The molecule has 0 atom stereocenters. The van der Waals surface area contributed by atoms with Crippen LogP contribution in [0.3, 0.4) is 0 Å². The Balaban J connectivity index is 1.40. The van der Waals surface area contributed by atoms with Crippen molar-refractivity contribution in [3.8, 4) is 0 Å². The summed E-state index contributed by atoms with van der Waals surface area (Å²) in [5, 5.41) is 7.01. The van der Waals surface area contributed by atoms with Crippen molar-refractivity contribution in [2.75, 3.05) is 23.7 Å². The Morgan fingerprint density at radius 2 is 1.79 bits per heavy atom. The molecule has 3 heterocycles. The largest absolute Gasteiger partial charge is 0.370 e. The molecular formula is C20H23ClN6O. The molecule has 0 radical (unpaired) electrons. The highest BCUT2D eigenvalue weighted by Gasteiger charge is 2.04. The molecule has 0 bridgehead atoms. The molecule has 0 aromatic carbocycles. The van der Waals surface area contributed by atoms with Crippen LogP contribution in [0, 0.1) is 6.92 Å².